The van der Waals surface area contributed by atoms with E-state index in [0.29, 0.717) is 0 Å². The maximum absolute atomic E-state index is 13.1. The van der Waals surface area contributed by atoms with Gasteiger partial charge in [0.15, 0.2) is 0 Å². The number of nitrogens with one attached hydrogen (secondary N) is 1. The molecule has 1 aromatic rings. The molecular weight excluding hydrogens is 255 g/mol. The quantitative estimate of drug-likeness (QED) is 0.510. The van der Waals surface area contributed by atoms with Crippen LogP contribution < -0.4 is 5.32 Å². The standard InChI is InChI=1S/C9H8ClFN2O4/c1-17-9(14)4-12-7-3-6(11)5(10)2-8(7)13(15)16/h2-3,12H,4H2,1H3. The van der Waals surface area contributed by atoms with E-state index in [9.17, 15) is 19.3 Å². The molecule has 0 saturated carbocycles. The van der Waals surface area contributed by atoms with Crippen molar-refractivity contribution in [1.82, 2.24) is 0 Å². The van der Waals surface area contributed by atoms with Crippen LogP contribution >= 0.6 is 11.6 Å². The first-order chi connectivity index (χ1) is 7.95. The maximum Gasteiger partial charge on any atom is 0.325 e. The van der Waals surface area contributed by atoms with Gasteiger partial charge in [0.2, 0.25) is 0 Å². The molecule has 0 aromatic heterocycles. The molecule has 0 radical (unpaired) electrons. The molecule has 0 aliphatic heterocycles. The van der Waals surface area contributed by atoms with Gasteiger partial charge in [0, 0.05) is 12.1 Å². The van der Waals surface area contributed by atoms with Gasteiger partial charge in [-0.2, -0.15) is 0 Å². The zero-order chi connectivity index (χ0) is 13.0. The second kappa shape index (κ2) is 5.44. The second-order valence-electron chi connectivity index (χ2n) is 2.97. The Morgan fingerprint density at radius 1 is 1.65 bits per heavy atom. The van der Waals surface area contributed by atoms with Crippen molar-refractivity contribution >= 4 is 28.9 Å². The number of ether oxygens (including phenoxy) is 1. The van der Waals surface area contributed by atoms with Crippen LogP contribution in [-0.4, -0.2) is 24.5 Å². The topological polar surface area (TPSA) is 81.5 Å². The van der Waals surface area contributed by atoms with E-state index >= 15 is 0 Å². The number of hydrogen-bond acceptors (Lipinski definition) is 5. The molecule has 0 spiro atoms. The van der Waals surface area contributed by atoms with Crippen molar-refractivity contribution in [2.75, 3.05) is 19.0 Å². The fourth-order valence-electron chi connectivity index (χ4n) is 1.07. The second-order valence-corrected chi connectivity index (χ2v) is 3.38. The lowest BCUT2D eigenvalue weighted by Gasteiger charge is -2.06. The van der Waals surface area contributed by atoms with Crippen LogP contribution in [0, 0.1) is 15.9 Å². The Kier molecular flexibility index (Phi) is 4.22. The van der Waals surface area contributed by atoms with Crippen LogP contribution in [0.3, 0.4) is 0 Å². The van der Waals surface area contributed by atoms with Gasteiger partial charge >= 0.3 is 5.97 Å². The third-order valence-electron chi connectivity index (χ3n) is 1.89. The summed E-state index contributed by atoms with van der Waals surface area (Å²) in [5, 5.41) is 12.7. The normalized spacial score (nSPS) is 9.82. The van der Waals surface area contributed by atoms with E-state index in [1.807, 2.05) is 0 Å². The van der Waals surface area contributed by atoms with E-state index in [4.69, 9.17) is 11.6 Å². The van der Waals surface area contributed by atoms with Gasteiger partial charge in [-0.25, -0.2) is 4.39 Å². The SMILES string of the molecule is COC(=O)CNc1cc(F)c(Cl)cc1[N+](=O)[O-]. The van der Waals surface area contributed by atoms with Crippen LogP contribution in [0.25, 0.3) is 0 Å². The Morgan fingerprint density at radius 2 is 2.29 bits per heavy atom. The zero-order valence-corrected chi connectivity index (χ0v) is 9.45. The van der Waals surface area contributed by atoms with Crippen LogP contribution in [0.4, 0.5) is 15.8 Å². The van der Waals surface area contributed by atoms with Crippen molar-refractivity contribution in [3.8, 4) is 0 Å². The lowest BCUT2D eigenvalue weighted by Crippen LogP contribution is -2.15. The monoisotopic (exact) mass is 262 g/mol. The van der Waals surface area contributed by atoms with Gasteiger partial charge < -0.3 is 10.1 Å². The fourth-order valence-corrected chi connectivity index (χ4v) is 1.23. The van der Waals surface area contributed by atoms with Gasteiger partial charge in [0.25, 0.3) is 5.69 Å². The number of nitro groups is 1. The van der Waals surface area contributed by atoms with Crippen LogP contribution in [0.1, 0.15) is 0 Å². The maximum atomic E-state index is 13.1. The Hall–Kier alpha value is -1.89. The van der Waals surface area contributed by atoms with Gasteiger partial charge in [-0.1, -0.05) is 11.6 Å². The van der Waals surface area contributed by atoms with E-state index in [0.717, 1.165) is 12.1 Å². The molecule has 1 N–H and O–H groups in total. The highest BCUT2D eigenvalue weighted by Gasteiger charge is 2.18. The fraction of sp³-hybridized carbons (Fsp3) is 0.222. The zero-order valence-electron chi connectivity index (χ0n) is 8.70. The number of nitro benzene ring substituents is 1. The number of carbonyl (C=O) groups is 1. The minimum Gasteiger partial charge on any atom is -0.468 e. The number of anilines is 1. The minimum atomic E-state index is -0.815. The van der Waals surface area contributed by atoms with Crippen molar-refractivity contribution in [3.63, 3.8) is 0 Å². The number of esters is 1. The van der Waals surface area contributed by atoms with E-state index in [-0.39, 0.29) is 17.3 Å². The van der Waals surface area contributed by atoms with Crippen LogP contribution in [0.2, 0.25) is 5.02 Å². The smallest absolute Gasteiger partial charge is 0.325 e. The van der Waals surface area contributed by atoms with Crippen molar-refractivity contribution in [2.45, 2.75) is 0 Å². The van der Waals surface area contributed by atoms with Crippen molar-refractivity contribution in [3.05, 3.63) is 33.1 Å². The Bertz CT molecular complexity index is 467. The van der Waals surface area contributed by atoms with Crippen molar-refractivity contribution in [1.29, 1.82) is 0 Å². The number of carbonyl (C=O) groups excluding carboxylic acids is 1. The summed E-state index contributed by atoms with van der Waals surface area (Å²) >= 11 is 5.42. The molecular formula is C9H8ClFN2O4. The molecule has 0 amide bonds. The highest BCUT2D eigenvalue weighted by Crippen LogP contribution is 2.30. The minimum absolute atomic E-state index is 0.137. The summed E-state index contributed by atoms with van der Waals surface area (Å²) < 4.78 is 17.5. The first kappa shape index (κ1) is 13.2. The van der Waals surface area contributed by atoms with E-state index < -0.39 is 22.4 Å². The van der Waals surface area contributed by atoms with Crippen LogP contribution in [-0.2, 0) is 9.53 Å². The predicted molar refractivity (Wildman–Crippen MR) is 58.6 cm³/mol. The summed E-state index contributed by atoms with van der Waals surface area (Å²) in [6.07, 6.45) is 0. The van der Waals surface area contributed by atoms with Gasteiger partial charge in [0.05, 0.1) is 17.1 Å². The summed E-state index contributed by atoms with van der Waals surface area (Å²) in [5.41, 5.74) is -0.553. The summed E-state index contributed by atoms with van der Waals surface area (Å²) in [5.74, 6) is -1.45. The molecule has 1 rings (SSSR count). The number of benzene rings is 1. The summed E-state index contributed by atoms with van der Waals surface area (Å²) in [7, 11) is 1.17. The third-order valence-corrected chi connectivity index (χ3v) is 2.18. The van der Waals surface area contributed by atoms with E-state index in [1.165, 1.54) is 7.11 Å². The van der Waals surface area contributed by atoms with E-state index in [1.54, 1.807) is 0 Å². The summed E-state index contributed by atoms with van der Waals surface area (Å²) in [6, 6.07) is 1.72. The summed E-state index contributed by atoms with van der Waals surface area (Å²) in [6.45, 7) is -0.307. The van der Waals surface area contributed by atoms with Gasteiger partial charge in [-0.3, -0.25) is 14.9 Å². The van der Waals surface area contributed by atoms with Crippen LogP contribution in [0.15, 0.2) is 12.1 Å². The first-order valence-electron chi connectivity index (χ1n) is 4.40. The largest absolute Gasteiger partial charge is 0.468 e. The number of halogens is 2. The average molecular weight is 263 g/mol. The van der Waals surface area contributed by atoms with Crippen molar-refractivity contribution in [2.24, 2.45) is 0 Å². The Morgan fingerprint density at radius 3 is 2.82 bits per heavy atom. The summed E-state index contributed by atoms with van der Waals surface area (Å²) in [4.78, 5) is 20.8. The lowest BCUT2D eigenvalue weighted by molar-refractivity contribution is -0.384. The molecule has 17 heavy (non-hydrogen) atoms. The highest BCUT2D eigenvalue weighted by molar-refractivity contribution is 6.31. The molecule has 0 heterocycles. The van der Waals surface area contributed by atoms with Gasteiger partial charge in [-0.05, 0) is 0 Å². The Balaban J connectivity index is 3.00. The van der Waals surface area contributed by atoms with Crippen LogP contribution in [0.5, 0.6) is 0 Å². The molecule has 0 aliphatic rings. The number of rotatable bonds is 4. The average Bonchev–Trinajstić information content (AvgIpc) is 2.29. The predicted octanol–water partition coefficient (Wildman–Crippen LogP) is 1.97. The number of methoxy groups -OCH3 is 1. The molecule has 0 saturated heterocycles. The Labute approximate surface area is 100 Å². The van der Waals surface area contributed by atoms with Gasteiger partial charge in [-0.15, -0.1) is 0 Å². The molecule has 8 heteroatoms. The molecule has 0 aliphatic carbocycles. The molecule has 0 unspecified atom stereocenters. The molecule has 92 valence electrons. The molecule has 0 fully saturated rings. The van der Waals surface area contributed by atoms with E-state index in [2.05, 4.69) is 10.1 Å². The number of nitrogens with zero attached hydrogens (tertiary/aromatic N) is 1. The molecule has 0 bridgehead atoms. The lowest BCUT2D eigenvalue weighted by atomic mass is 10.2. The molecule has 1 aromatic carbocycles. The number of hydrogen-bond donors (Lipinski definition) is 1. The van der Waals surface area contributed by atoms with Crippen molar-refractivity contribution < 1.29 is 18.8 Å². The molecule has 6 nitrogen and oxygen atoms in total. The highest BCUT2D eigenvalue weighted by atomic mass is 35.5. The first-order valence-corrected chi connectivity index (χ1v) is 4.77. The third kappa shape index (κ3) is 3.28. The molecule has 0 atom stereocenters. The van der Waals surface area contributed by atoms with Gasteiger partial charge in [0.1, 0.15) is 18.0 Å².